The van der Waals surface area contributed by atoms with Crippen LogP contribution in [0.25, 0.3) is 10.9 Å². The number of aromatic nitrogens is 1. The summed E-state index contributed by atoms with van der Waals surface area (Å²) in [5, 5.41) is 4.47. The minimum atomic E-state index is -0.146. The lowest BCUT2D eigenvalue weighted by atomic mass is 10.1. The molecule has 5 nitrogen and oxygen atoms in total. The summed E-state index contributed by atoms with van der Waals surface area (Å²) in [6.07, 6.45) is 0.693. The summed E-state index contributed by atoms with van der Waals surface area (Å²) in [5.74, 6) is 1.22. The molecule has 0 radical (unpaired) electrons. The largest absolute Gasteiger partial charge is 0.493 e. The van der Waals surface area contributed by atoms with E-state index in [1.165, 1.54) is 0 Å². The van der Waals surface area contributed by atoms with E-state index < -0.39 is 0 Å². The first-order valence-electron chi connectivity index (χ1n) is 7.88. The number of aromatic amines is 1. The Balaban J connectivity index is 1.62. The summed E-state index contributed by atoms with van der Waals surface area (Å²) in [4.78, 5) is 15.4. The third-order valence-electron chi connectivity index (χ3n) is 3.97. The Hall–Kier alpha value is -2.66. The van der Waals surface area contributed by atoms with Crippen molar-refractivity contribution in [2.45, 2.75) is 6.42 Å². The average Bonchev–Trinajstić information content (AvgIpc) is 3.04. The second-order valence-electron chi connectivity index (χ2n) is 5.61. The predicted octanol–water partition coefficient (Wildman–Crippen LogP) is 3.81. The molecule has 0 saturated carbocycles. The zero-order valence-electron chi connectivity index (χ0n) is 14.1. The molecule has 0 saturated heterocycles. The first kappa shape index (κ1) is 17.2. The van der Waals surface area contributed by atoms with Crippen LogP contribution in [0.3, 0.4) is 0 Å². The van der Waals surface area contributed by atoms with Gasteiger partial charge in [-0.3, -0.25) is 4.79 Å². The number of H-pyrrole nitrogens is 1. The molecular weight excluding hydrogens is 340 g/mol. The zero-order chi connectivity index (χ0) is 17.8. The summed E-state index contributed by atoms with van der Waals surface area (Å²) < 4.78 is 10.5. The highest BCUT2D eigenvalue weighted by Crippen LogP contribution is 2.27. The van der Waals surface area contributed by atoms with E-state index in [2.05, 4.69) is 10.3 Å². The van der Waals surface area contributed by atoms with E-state index in [4.69, 9.17) is 21.1 Å². The highest BCUT2D eigenvalue weighted by Gasteiger charge is 2.10. The molecule has 0 aliphatic rings. The minimum Gasteiger partial charge on any atom is -0.493 e. The van der Waals surface area contributed by atoms with Crippen LogP contribution >= 0.6 is 11.6 Å². The standard InChI is InChI=1S/C19H19ClN2O3/c1-24-17-6-3-12(9-18(17)25-2)7-8-21-19(23)16-11-13-10-14(20)4-5-15(13)22-16/h3-6,9-11,22H,7-8H2,1-2H3,(H,21,23). The Morgan fingerprint density at radius 1 is 1.08 bits per heavy atom. The van der Waals surface area contributed by atoms with Crippen LogP contribution in [-0.4, -0.2) is 31.7 Å². The van der Waals surface area contributed by atoms with E-state index >= 15 is 0 Å². The first-order valence-corrected chi connectivity index (χ1v) is 8.26. The van der Waals surface area contributed by atoms with Crippen LogP contribution in [0, 0.1) is 0 Å². The molecule has 6 heteroatoms. The quantitative estimate of drug-likeness (QED) is 0.704. The topological polar surface area (TPSA) is 63.3 Å². The van der Waals surface area contributed by atoms with Crippen LogP contribution in [0.1, 0.15) is 16.1 Å². The monoisotopic (exact) mass is 358 g/mol. The third-order valence-corrected chi connectivity index (χ3v) is 4.21. The zero-order valence-corrected chi connectivity index (χ0v) is 14.8. The van der Waals surface area contributed by atoms with E-state index in [1.54, 1.807) is 26.4 Å². The van der Waals surface area contributed by atoms with Crippen molar-refractivity contribution in [3.8, 4) is 11.5 Å². The van der Waals surface area contributed by atoms with Gasteiger partial charge in [0.05, 0.1) is 14.2 Å². The van der Waals surface area contributed by atoms with Gasteiger partial charge in [0, 0.05) is 22.5 Å². The molecule has 2 N–H and O–H groups in total. The number of hydrogen-bond acceptors (Lipinski definition) is 3. The van der Waals surface area contributed by atoms with Gasteiger partial charge in [-0.05, 0) is 48.4 Å². The number of fused-ring (bicyclic) bond motifs is 1. The van der Waals surface area contributed by atoms with Crippen molar-refractivity contribution < 1.29 is 14.3 Å². The predicted molar refractivity (Wildman–Crippen MR) is 98.9 cm³/mol. The highest BCUT2D eigenvalue weighted by molar-refractivity contribution is 6.31. The Morgan fingerprint density at radius 2 is 1.88 bits per heavy atom. The van der Waals surface area contributed by atoms with Crippen molar-refractivity contribution in [1.82, 2.24) is 10.3 Å². The minimum absolute atomic E-state index is 0.146. The van der Waals surface area contributed by atoms with Crippen molar-refractivity contribution in [3.63, 3.8) is 0 Å². The molecule has 130 valence electrons. The van der Waals surface area contributed by atoms with E-state index in [9.17, 15) is 4.79 Å². The number of methoxy groups -OCH3 is 2. The Morgan fingerprint density at radius 3 is 2.64 bits per heavy atom. The van der Waals surface area contributed by atoms with Crippen molar-refractivity contribution >= 4 is 28.4 Å². The van der Waals surface area contributed by atoms with Gasteiger partial charge in [0.25, 0.3) is 5.91 Å². The molecule has 3 aromatic rings. The lowest BCUT2D eigenvalue weighted by Crippen LogP contribution is -2.25. The van der Waals surface area contributed by atoms with Gasteiger partial charge in [0.2, 0.25) is 0 Å². The van der Waals surface area contributed by atoms with E-state index in [0.717, 1.165) is 16.5 Å². The van der Waals surface area contributed by atoms with Gasteiger partial charge < -0.3 is 19.8 Å². The van der Waals surface area contributed by atoms with E-state index in [1.807, 2.05) is 30.3 Å². The summed E-state index contributed by atoms with van der Waals surface area (Å²) in [5.41, 5.74) is 2.46. The normalized spacial score (nSPS) is 10.7. The van der Waals surface area contributed by atoms with Crippen LogP contribution in [0.15, 0.2) is 42.5 Å². The van der Waals surface area contributed by atoms with Gasteiger partial charge in [0.15, 0.2) is 11.5 Å². The maximum absolute atomic E-state index is 12.3. The summed E-state index contributed by atoms with van der Waals surface area (Å²) >= 11 is 5.97. The molecule has 0 aliphatic carbocycles. The number of hydrogen-bond donors (Lipinski definition) is 2. The van der Waals surface area contributed by atoms with Crippen LogP contribution in [-0.2, 0) is 6.42 Å². The van der Waals surface area contributed by atoms with Crippen LogP contribution in [0.5, 0.6) is 11.5 Å². The summed E-state index contributed by atoms with van der Waals surface area (Å²) in [6, 6.07) is 13.0. The molecule has 2 aromatic carbocycles. The molecule has 3 rings (SSSR count). The first-order chi connectivity index (χ1) is 12.1. The van der Waals surface area contributed by atoms with Crippen molar-refractivity contribution in [1.29, 1.82) is 0 Å². The van der Waals surface area contributed by atoms with E-state index in [-0.39, 0.29) is 5.91 Å². The molecule has 0 aliphatic heterocycles. The number of benzene rings is 2. The van der Waals surface area contributed by atoms with Crippen LogP contribution < -0.4 is 14.8 Å². The van der Waals surface area contributed by atoms with Crippen molar-refractivity contribution in [2.24, 2.45) is 0 Å². The van der Waals surface area contributed by atoms with Gasteiger partial charge in [0.1, 0.15) is 5.69 Å². The molecule has 25 heavy (non-hydrogen) atoms. The van der Waals surface area contributed by atoms with Gasteiger partial charge >= 0.3 is 0 Å². The Bertz CT molecular complexity index is 905. The number of carbonyl (C=O) groups is 1. The SMILES string of the molecule is COc1ccc(CCNC(=O)c2cc3cc(Cl)ccc3[nH]2)cc1OC. The smallest absolute Gasteiger partial charge is 0.267 e. The molecule has 0 unspecified atom stereocenters. The molecule has 0 atom stereocenters. The maximum atomic E-state index is 12.3. The van der Waals surface area contributed by atoms with Gasteiger partial charge in [-0.1, -0.05) is 17.7 Å². The highest BCUT2D eigenvalue weighted by atomic mass is 35.5. The third kappa shape index (κ3) is 3.88. The maximum Gasteiger partial charge on any atom is 0.267 e. The number of nitrogens with one attached hydrogen (secondary N) is 2. The average molecular weight is 359 g/mol. The number of ether oxygens (including phenoxy) is 2. The second-order valence-corrected chi connectivity index (χ2v) is 6.05. The number of carbonyl (C=O) groups excluding carboxylic acids is 1. The number of halogens is 1. The Kier molecular flexibility index (Phi) is 5.14. The lowest BCUT2D eigenvalue weighted by Gasteiger charge is -2.10. The van der Waals surface area contributed by atoms with Gasteiger partial charge in [-0.15, -0.1) is 0 Å². The van der Waals surface area contributed by atoms with Gasteiger partial charge in [-0.2, -0.15) is 0 Å². The molecule has 0 fully saturated rings. The molecule has 1 aromatic heterocycles. The fourth-order valence-electron chi connectivity index (χ4n) is 2.68. The summed E-state index contributed by atoms with van der Waals surface area (Å²) in [6.45, 7) is 0.518. The molecule has 1 heterocycles. The van der Waals surface area contributed by atoms with Crippen LogP contribution in [0.4, 0.5) is 0 Å². The van der Waals surface area contributed by atoms with Crippen LogP contribution in [0.2, 0.25) is 5.02 Å². The summed E-state index contributed by atoms with van der Waals surface area (Å²) in [7, 11) is 3.21. The van der Waals surface area contributed by atoms with Gasteiger partial charge in [-0.25, -0.2) is 0 Å². The van der Waals surface area contributed by atoms with E-state index in [0.29, 0.717) is 35.2 Å². The number of amides is 1. The fourth-order valence-corrected chi connectivity index (χ4v) is 2.86. The molecule has 0 spiro atoms. The van der Waals surface area contributed by atoms with Crippen molar-refractivity contribution in [2.75, 3.05) is 20.8 Å². The molecule has 0 bridgehead atoms. The fraction of sp³-hybridized carbons (Fsp3) is 0.211. The number of rotatable bonds is 6. The lowest BCUT2D eigenvalue weighted by molar-refractivity contribution is 0.0950. The Labute approximate surface area is 150 Å². The second kappa shape index (κ2) is 7.49. The molecule has 1 amide bonds. The molecular formula is C19H19ClN2O3. The van der Waals surface area contributed by atoms with Crippen molar-refractivity contribution in [3.05, 3.63) is 58.7 Å².